The molecule has 0 saturated heterocycles. The molecule has 1 unspecified atom stereocenters. The number of nitrogens with zero attached hydrogens (tertiary/aromatic N) is 1. The summed E-state index contributed by atoms with van der Waals surface area (Å²) in [6, 6.07) is 7.49. The van der Waals surface area contributed by atoms with Gasteiger partial charge in [0.05, 0.1) is 0 Å². The Kier molecular flexibility index (Phi) is 6.87. The van der Waals surface area contributed by atoms with Crippen molar-refractivity contribution in [2.24, 2.45) is 0 Å². The normalized spacial score (nSPS) is 11.8. The van der Waals surface area contributed by atoms with E-state index in [1.165, 1.54) is 0 Å². The van der Waals surface area contributed by atoms with Crippen LogP contribution in [0.15, 0.2) is 24.3 Å². The number of hydrogen-bond acceptors (Lipinski definition) is 3. The van der Waals surface area contributed by atoms with Gasteiger partial charge >= 0.3 is 6.03 Å². The Hall–Kier alpha value is -1.75. The predicted molar refractivity (Wildman–Crippen MR) is 83.3 cm³/mol. The van der Waals surface area contributed by atoms with E-state index in [4.69, 9.17) is 5.11 Å². The van der Waals surface area contributed by atoms with Gasteiger partial charge in [-0.2, -0.15) is 0 Å². The van der Waals surface area contributed by atoms with Crippen LogP contribution in [0.3, 0.4) is 0 Å². The molecule has 0 fully saturated rings. The van der Waals surface area contributed by atoms with E-state index < -0.39 is 0 Å². The molecule has 0 bridgehead atoms. The molecule has 0 aliphatic carbocycles. The highest BCUT2D eigenvalue weighted by molar-refractivity contribution is 5.90. The molecule has 0 radical (unpaired) electrons. The lowest BCUT2D eigenvalue weighted by Crippen LogP contribution is -2.38. The van der Waals surface area contributed by atoms with Crippen molar-refractivity contribution in [1.29, 1.82) is 0 Å². The molecule has 1 aromatic rings. The summed E-state index contributed by atoms with van der Waals surface area (Å²) >= 11 is 0. The van der Waals surface area contributed by atoms with Gasteiger partial charge in [-0.3, -0.25) is 0 Å². The van der Waals surface area contributed by atoms with Crippen molar-refractivity contribution in [2.45, 2.75) is 32.7 Å². The van der Waals surface area contributed by atoms with Crippen LogP contribution in [0.25, 0.3) is 0 Å². The molecule has 0 aliphatic heterocycles. The topological polar surface area (TPSA) is 64.6 Å². The van der Waals surface area contributed by atoms with Crippen molar-refractivity contribution in [3.05, 3.63) is 24.3 Å². The fourth-order valence-corrected chi connectivity index (χ4v) is 1.89. The fourth-order valence-electron chi connectivity index (χ4n) is 1.89. The summed E-state index contributed by atoms with van der Waals surface area (Å²) in [7, 11) is 2.01. The Morgan fingerprint density at radius 1 is 1.40 bits per heavy atom. The Morgan fingerprint density at radius 2 is 2.15 bits per heavy atom. The van der Waals surface area contributed by atoms with Gasteiger partial charge in [-0.05, 0) is 38.0 Å². The molecule has 5 heteroatoms. The molecule has 0 saturated carbocycles. The van der Waals surface area contributed by atoms with Gasteiger partial charge in [0.1, 0.15) is 0 Å². The van der Waals surface area contributed by atoms with Gasteiger partial charge in [-0.15, -0.1) is 0 Å². The molecule has 20 heavy (non-hydrogen) atoms. The Bertz CT molecular complexity index is 423. The summed E-state index contributed by atoms with van der Waals surface area (Å²) in [5.74, 6) is 0. The van der Waals surface area contributed by atoms with Crippen molar-refractivity contribution in [3.63, 3.8) is 0 Å². The number of urea groups is 1. The second kappa shape index (κ2) is 8.43. The minimum atomic E-state index is -0.235. The molecule has 1 atom stereocenters. The van der Waals surface area contributed by atoms with E-state index in [1.54, 1.807) is 0 Å². The van der Waals surface area contributed by atoms with Crippen LogP contribution >= 0.6 is 0 Å². The third-order valence-electron chi connectivity index (χ3n) is 3.32. The van der Waals surface area contributed by atoms with E-state index in [2.05, 4.69) is 22.5 Å². The smallest absolute Gasteiger partial charge is 0.319 e. The molecule has 1 aromatic carbocycles. The molecule has 3 N–H and O–H groups in total. The van der Waals surface area contributed by atoms with Crippen LogP contribution in [0.5, 0.6) is 0 Å². The summed E-state index contributed by atoms with van der Waals surface area (Å²) in [6.45, 7) is 5.05. The fraction of sp³-hybridized carbons (Fsp3) is 0.533. The number of aliphatic hydroxyl groups excluding tert-OH is 1. The molecule has 1 rings (SSSR count). The maximum absolute atomic E-state index is 11.9. The number of carbonyl (C=O) groups excluding carboxylic acids is 1. The van der Waals surface area contributed by atoms with Gasteiger partial charge in [-0.1, -0.05) is 13.0 Å². The molecule has 0 aromatic heterocycles. The number of carbonyl (C=O) groups is 1. The largest absolute Gasteiger partial charge is 0.396 e. The van der Waals surface area contributed by atoms with Gasteiger partial charge in [0, 0.05) is 37.6 Å². The summed E-state index contributed by atoms with van der Waals surface area (Å²) in [4.78, 5) is 14.0. The number of anilines is 2. The van der Waals surface area contributed by atoms with Crippen molar-refractivity contribution in [1.82, 2.24) is 5.32 Å². The first kappa shape index (κ1) is 16.3. The predicted octanol–water partition coefficient (Wildman–Crippen LogP) is 2.43. The highest BCUT2D eigenvalue weighted by atomic mass is 16.3. The maximum atomic E-state index is 11.9. The third kappa shape index (κ3) is 5.09. The van der Waals surface area contributed by atoms with E-state index >= 15 is 0 Å². The lowest BCUT2D eigenvalue weighted by molar-refractivity contribution is 0.237. The Morgan fingerprint density at radius 3 is 2.75 bits per heavy atom. The van der Waals surface area contributed by atoms with Crippen molar-refractivity contribution in [2.75, 3.05) is 30.4 Å². The van der Waals surface area contributed by atoms with E-state index in [1.807, 2.05) is 38.2 Å². The minimum Gasteiger partial charge on any atom is -0.396 e. The quantitative estimate of drug-likeness (QED) is 0.718. The van der Waals surface area contributed by atoms with Crippen LogP contribution in [0.4, 0.5) is 16.2 Å². The molecular formula is C15H25N3O2. The van der Waals surface area contributed by atoms with Crippen molar-refractivity contribution >= 4 is 17.4 Å². The molecule has 0 aliphatic rings. The van der Waals surface area contributed by atoms with Crippen molar-refractivity contribution in [3.8, 4) is 0 Å². The zero-order valence-corrected chi connectivity index (χ0v) is 12.5. The number of rotatable bonds is 7. The van der Waals surface area contributed by atoms with Crippen LogP contribution in [-0.4, -0.2) is 37.4 Å². The van der Waals surface area contributed by atoms with E-state index in [0.717, 1.165) is 24.3 Å². The molecule has 0 heterocycles. The Balaban J connectivity index is 2.61. The van der Waals surface area contributed by atoms with Gasteiger partial charge < -0.3 is 20.6 Å². The standard InChI is InChI=1S/C15H25N3O2/c1-4-12(9-10-19)16-15(20)17-13-7-6-8-14(11-13)18(3)5-2/h6-8,11-12,19H,4-5,9-10H2,1-3H3,(H2,16,17,20). The lowest BCUT2D eigenvalue weighted by Gasteiger charge is -2.19. The van der Waals surface area contributed by atoms with Crippen LogP contribution in [0.1, 0.15) is 26.7 Å². The lowest BCUT2D eigenvalue weighted by atomic mass is 10.2. The van der Waals surface area contributed by atoms with Crippen LogP contribution in [0, 0.1) is 0 Å². The Labute approximate surface area is 121 Å². The van der Waals surface area contributed by atoms with Crippen LogP contribution in [-0.2, 0) is 0 Å². The zero-order valence-electron chi connectivity index (χ0n) is 12.5. The minimum absolute atomic E-state index is 0.00139. The molecule has 112 valence electrons. The monoisotopic (exact) mass is 279 g/mol. The molecule has 0 spiro atoms. The number of hydrogen-bond donors (Lipinski definition) is 3. The highest BCUT2D eigenvalue weighted by Gasteiger charge is 2.10. The number of benzene rings is 1. The third-order valence-corrected chi connectivity index (χ3v) is 3.32. The van der Waals surface area contributed by atoms with E-state index in [0.29, 0.717) is 6.42 Å². The summed E-state index contributed by atoms with van der Waals surface area (Å²) in [5.41, 5.74) is 1.83. The summed E-state index contributed by atoms with van der Waals surface area (Å²) in [5, 5.41) is 14.6. The average Bonchev–Trinajstić information content (AvgIpc) is 2.46. The zero-order chi connectivity index (χ0) is 15.0. The molecule has 2 amide bonds. The number of amides is 2. The van der Waals surface area contributed by atoms with Gasteiger partial charge in [0.2, 0.25) is 0 Å². The first-order chi connectivity index (χ1) is 9.60. The van der Waals surface area contributed by atoms with Gasteiger partial charge in [0.15, 0.2) is 0 Å². The van der Waals surface area contributed by atoms with Crippen LogP contribution < -0.4 is 15.5 Å². The first-order valence-electron chi connectivity index (χ1n) is 7.10. The van der Waals surface area contributed by atoms with E-state index in [-0.39, 0.29) is 18.7 Å². The SMILES string of the molecule is CCC(CCO)NC(=O)Nc1cccc(N(C)CC)c1. The first-order valence-corrected chi connectivity index (χ1v) is 7.10. The summed E-state index contributed by atoms with van der Waals surface area (Å²) < 4.78 is 0. The molecular weight excluding hydrogens is 254 g/mol. The van der Waals surface area contributed by atoms with Crippen LogP contribution in [0.2, 0.25) is 0 Å². The van der Waals surface area contributed by atoms with E-state index in [9.17, 15) is 4.79 Å². The molecule has 5 nitrogen and oxygen atoms in total. The van der Waals surface area contributed by atoms with Gasteiger partial charge in [0.25, 0.3) is 0 Å². The maximum Gasteiger partial charge on any atom is 0.319 e. The highest BCUT2D eigenvalue weighted by Crippen LogP contribution is 2.18. The number of nitrogens with one attached hydrogen (secondary N) is 2. The second-order valence-electron chi connectivity index (χ2n) is 4.78. The summed E-state index contributed by atoms with van der Waals surface area (Å²) in [6.07, 6.45) is 1.37. The second-order valence-corrected chi connectivity index (χ2v) is 4.78. The van der Waals surface area contributed by atoms with Crippen molar-refractivity contribution < 1.29 is 9.90 Å². The average molecular weight is 279 g/mol. The number of aliphatic hydroxyl groups is 1. The van der Waals surface area contributed by atoms with Gasteiger partial charge in [-0.25, -0.2) is 4.79 Å².